The normalized spacial score (nSPS) is 45.4. The maximum Gasteiger partial charge on any atom is 0.306 e. The molecule has 0 saturated heterocycles. The van der Waals surface area contributed by atoms with Gasteiger partial charge in [0.05, 0.1) is 12.7 Å². The largest absolute Gasteiger partial charge is 0.466 e. The first kappa shape index (κ1) is 23.6. The van der Waals surface area contributed by atoms with Crippen molar-refractivity contribution in [1.82, 2.24) is 0 Å². The molecule has 4 rings (SSSR count). The highest BCUT2D eigenvalue weighted by Crippen LogP contribution is 2.68. The lowest BCUT2D eigenvalue weighted by Gasteiger charge is -2.62. The lowest BCUT2D eigenvalue weighted by atomic mass is 9.43. The van der Waals surface area contributed by atoms with Crippen LogP contribution in [-0.2, 0) is 19.1 Å². The van der Waals surface area contributed by atoms with Crippen molar-refractivity contribution in [1.29, 1.82) is 0 Å². The fourth-order valence-electron chi connectivity index (χ4n) is 8.17. The van der Waals surface area contributed by atoms with Crippen molar-refractivity contribution in [2.24, 2.45) is 34.5 Å². The van der Waals surface area contributed by atoms with Crippen LogP contribution >= 0.6 is 0 Å². The first-order chi connectivity index (χ1) is 15.0. The minimum atomic E-state index is -1.64. The summed E-state index contributed by atoms with van der Waals surface area (Å²) in [4.78, 5) is 37.4. The molecule has 1 unspecified atom stereocenters. The average Bonchev–Trinajstić information content (AvgIpc) is 2.99. The summed E-state index contributed by atoms with van der Waals surface area (Å²) in [7, 11) is 0. The Morgan fingerprint density at radius 1 is 1.25 bits per heavy atom. The van der Waals surface area contributed by atoms with Crippen molar-refractivity contribution in [3.63, 3.8) is 0 Å². The van der Waals surface area contributed by atoms with E-state index < -0.39 is 34.9 Å². The van der Waals surface area contributed by atoms with Crippen LogP contribution < -0.4 is 0 Å². The highest BCUT2D eigenvalue weighted by Gasteiger charge is 2.69. The zero-order chi connectivity index (χ0) is 23.5. The number of Topliss-reactive ketones (excluding diaryl/α,β-unsaturated/α-hetero) is 1. The number of carbonyl (C=O) groups excluding carboxylic acids is 3. The lowest BCUT2D eigenvalue weighted by Crippen LogP contribution is -2.63. The van der Waals surface area contributed by atoms with E-state index in [-0.39, 0.29) is 67.7 Å². The van der Waals surface area contributed by atoms with Crippen molar-refractivity contribution < 1.29 is 34.4 Å². The van der Waals surface area contributed by atoms with Crippen LogP contribution in [0.4, 0.5) is 0 Å². The third kappa shape index (κ3) is 3.15. The Hall–Kier alpha value is -1.57. The predicted molar refractivity (Wildman–Crippen MR) is 115 cm³/mol. The molecule has 0 aromatic carbocycles. The number of aliphatic hydroxyl groups is 3. The smallest absolute Gasteiger partial charge is 0.306 e. The zero-order valence-electron chi connectivity index (χ0n) is 19.3. The number of carbonyl (C=O) groups is 3. The summed E-state index contributed by atoms with van der Waals surface area (Å²) in [6, 6.07) is 0. The van der Waals surface area contributed by atoms with Crippen LogP contribution in [-0.4, -0.2) is 57.8 Å². The van der Waals surface area contributed by atoms with Gasteiger partial charge in [0, 0.05) is 18.3 Å². The molecule has 0 aromatic rings. The number of hydrogen-bond donors (Lipinski definition) is 3. The van der Waals surface area contributed by atoms with Gasteiger partial charge in [-0.1, -0.05) is 19.4 Å². The number of fused-ring (bicyclic) bond motifs is 5. The molecule has 8 atom stereocenters. The van der Waals surface area contributed by atoms with Gasteiger partial charge in [0.2, 0.25) is 0 Å². The Morgan fingerprint density at radius 2 is 1.97 bits per heavy atom. The maximum atomic E-state index is 12.5. The van der Waals surface area contributed by atoms with Crippen molar-refractivity contribution in [3.8, 4) is 0 Å². The van der Waals surface area contributed by atoms with Crippen LogP contribution in [0.5, 0.6) is 0 Å². The average molecular weight is 449 g/mol. The van der Waals surface area contributed by atoms with Crippen molar-refractivity contribution in [2.75, 3.05) is 13.2 Å². The summed E-state index contributed by atoms with van der Waals surface area (Å²) in [6.07, 6.45) is 3.99. The molecule has 0 heterocycles. The topological polar surface area (TPSA) is 121 Å². The first-order valence-corrected chi connectivity index (χ1v) is 12.0. The SMILES string of the molecule is CCOC(=O)CC1CC(=O)C=C2CC[C@@H]3[C@H]([C@@H](O)C[C@@]4(C)[C@H]3CC[C@]4(O)C(=O)CO)[C@]21C. The predicted octanol–water partition coefficient (Wildman–Crippen LogP) is 1.96. The zero-order valence-corrected chi connectivity index (χ0v) is 19.3. The summed E-state index contributed by atoms with van der Waals surface area (Å²) < 4.78 is 5.19. The number of rotatable bonds is 5. The van der Waals surface area contributed by atoms with E-state index in [1.54, 1.807) is 13.0 Å². The molecule has 178 valence electrons. The molecule has 3 N–H and O–H groups in total. The second-order valence-electron chi connectivity index (χ2n) is 10.8. The van der Waals surface area contributed by atoms with Crippen LogP contribution in [0.3, 0.4) is 0 Å². The van der Waals surface area contributed by atoms with Gasteiger partial charge in [-0.15, -0.1) is 0 Å². The monoisotopic (exact) mass is 448 g/mol. The molecule has 0 spiro atoms. The van der Waals surface area contributed by atoms with Gasteiger partial charge in [0.15, 0.2) is 11.6 Å². The number of esters is 1. The molecule has 0 aromatic heterocycles. The molecular weight excluding hydrogens is 412 g/mol. The molecule has 7 nitrogen and oxygen atoms in total. The molecule has 3 saturated carbocycles. The van der Waals surface area contributed by atoms with Gasteiger partial charge in [-0.2, -0.15) is 0 Å². The molecule has 32 heavy (non-hydrogen) atoms. The van der Waals surface area contributed by atoms with Gasteiger partial charge in [0.25, 0.3) is 0 Å². The lowest BCUT2D eigenvalue weighted by molar-refractivity contribution is -0.187. The van der Waals surface area contributed by atoms with Gasteiger partial charge in [-0.05, 0) is 74.2 Å². The molecule has 0 bridgehead atoms. The Bertz CT molecular complexity index is 849. The van der Waals surface area contributed by atoms with Crippen molar-refractivity contribution in [3.05, 3.63) is 11.6 Å². The van der Waals surface area contributed by atoms with Crippen LogP contribution in [0.15, 0.2) is 11.6 Å². The van der Waals surface area contributed by atoms with E-state index in [0.29, 0.717) is 12.8 Å². The van der Waals surface area contributed by atoms with Gasteiger partial charge in [0.1, 0.15) is 12.2 Å². The standard InChI is InChI=1S/C25H36O7/c1-4-32-21(30)11-15-10-16(27)9-14-5-6-17-18-7-8-25(31,20(29)13-26)23(18,2)12-19(28)22(17)24(14,15)3/h9,15,17-19,22,26,28,31H,4-8,10-13H2,1-3H3/t15?,17-,18-,19-,22+,23-,24+,25-/m0/s1. The van der Waals surface area contributed by atoms with E-state index in [1.165, 1.54) is 0 Å². The molecule has 7 heteroatoms. The number of hydrogen-bond acceptors (Lipinski definition) is 7. The number of ketones is 2. The molecule has 0 aliphatic heterocycles. The maximum absolute atomic E-state index is 12.5. The fraction of sp³-hybridized carbons (Fsp3) is 0.800. The number of allylic oxidation sites excluding steroid dienone is 1. The van der Waals surface area contributed by atoms with Gasteiger partial charge in [-0.3, -0.25) is 14.4 Å². The number of aliphatic hydroxyl groups excluding tert-OH is 2. The summed E-state index contributed by atoms with van der Waals surface area (Å²) >= 11 is 0. The Morgan fingerprint density at radius 3 is 2.62 bits per heavy atom. The number of ether oxygens (including phenoxy) is 1. The van der Waals surface area contributed by atoms with E-state index in [9.17, 15) is 29.7 Å². The summed E-state index contributed by atoms with van der Waals surface area (Å²) in [5, 5.41) is 32.4. The minimum Gasteiger partial charge on any atom is -0.466 e. The molecule has 0 radical (unpaired) electrons. The van der Waals surface area contributed by atoms with E-state index >= 15 is 0 Å². The summed E-state index contributed by atoms with van der Waals surface area (Å²) in [5.41, 5.74) is -1.97. The third-order valence-corrected chi connectivity index (χ3v) is 9.69. The molecular formula is C25H36O7. The van der Waals surface area contributed by atoms with E-state index in [1.807, 2.05) is 6.92 Å². The van der Waals surface area contributed by atoms with Crippen LogP contribution in [0.2, 0.25) is 0 Å². The van der Waals surface area contributed by atoms with E-state index in [0.717, 1.165) is 12.0 Å². The van der Waals surface area contributed by atoms with E-state index in [4.69, 9.17) is 4.74 Å². The minimum absolute atomic E-state index is 0.0177. The van der Waals surface area contributed by atoms with Crippen LogP contribution in [0, 0.1) is 34.5 Å². The summed E-state index contributed by atoms with van der Waals surface area (Å²) in [6.45, 7) is 5.29. The second-order valence-corrected chi connectivity index (χ2v) is 10.8. The third-order valence-electron chi connectivity index (χ3n) is 9.69. The van der Waals surface area contributed by atoms with Crippen molar-refractivity contribution in [2.45, 2.75) is 77.4 Å². The molecule has 0 amide bonds. The van der Waals surface area contributed by atoms with Crippen molar-refractivity contribution >= 4 is 17.5 Å². The quantitative estimate of drug-likeness (QED) is 0.550. The Labute approximate surface area is 189 Å². The fourth-order valence-corrected chi connectivity index (χ4v) is 8.17. The highest BCUT2D eigenvalue weighted by molar-refractivity contribution is 5.92. The first-order valence-electron chi connectivity index (χ1n) is 12.0. The second kappa shape index (κ2) is 8.03. The molecule has 4 aliphatic carbocycles. The molecule has 3 fully saturated rings. The highest BCUT2D eigenvalue weighted by atomic mass is 16.5. The van der Waals surface area contributed by atoms with E-state index in [2.05, 4.69) is 6.92 Å². The summed E-state index contributed by atoms with van der Waals surface area (Å²) in [5.74, 6) is -1.21. The van der Waals surface area contributed by atoms with Gasteiger partial charge in [-0.25, -0.2) is 0 Å². The molecule has 4 aliphatic rings. The van der Waals surface area contributed by atoms with Gasteiger partial charge >= 0.3 is 5.97 Å². The Kier molecular flexibility index (Phi) is 5.92. The van der Waals surface area contributed by atoms with Crippen LogP contribution in [0.1, 0.15) is 65.7 Å². The van der Waals surface area contributed by atoms with Crippen LogP contribution in [0.25, 0.3) is 0 Å². The Balaban J connectivity index is 1.73. The van der Waals surface area contributed by atoms with Gasteiger partial charge < -0.3 is 20.1 Å².